The number of ether oxygens (including phenoxy) is 1. The van der Waals surface area contributed by atoms with Crippen LogP contribution < -0.4 is 10.1 Å². The van der Waals surface area contributed by atoms with Gasteiger partial charge in [-0.25, -0.2) is 14.6 Å². The first-order valence-electron chi connectivity index (χ1n) is 9.51. The molecule has 7 heteroatoms. The third kappa shape index (κ3) is 3.91. The van der Waals surface area contributed by atoms with E-state index in [-0.39, 0.29) is 5.91 Å². The highest BCUT2D eigenvalue weighted by Crippen LogP contribution is 2.25. The van der Waals surface area contributed by atoms with E-state index in [0.29, 0.717) is 28.7 Å². The highest BCUT2D eigenvalue weighted by atomic mass is 16.5. The molecular weight excluding hydrogens is 378 g/mol. The molecule has 0 saturated carbocycles. The summed E-state index contributed by atoms with van der Waals surface area (Å²) in [6.07, 6.45) is 3.12. The van der Waals surface area contributed by atoms with Gasteiger partial charge < -0.3 is 10.1 Å². The SMILES string of the molecule is Cc1nn(-c2ncc(NC(=O)c3ccccc3Oc3ccccc3)cn2)c(C)c1C. The van der Waals surface area contributed by atoms with E-state index >= 15 is 0 Å². The van der Waals surface area contributed by atoms with Crippen molar-refractivity contribution in [3.63, 3.8) is 0 Å². The predicted octanol–water partition coefficient (Wildman–Crippen LogP) is 4.63. The number of amides is 1. The van der Waals surface area contributed by atoms with Gasteiger partial charge in [-0.05, 0) is 50.6 Å². The minimum absolute atomic E-state index is 0.306. The molecule has 1 N–H and O–H groups in total. The molecule has 150 valence electrons. The summed E-state index contributed by atoms with van der Waals surface area (Å²) in [6, 6.07) is 16.4. The van der Waals surface area contributed by atoms with Gasteiger partial charge in [-0.1, -0.05) is 30.3 Å². The first-order valence-corrected chi connectivity index (χ1v) is 9.51. The number of nitrogens with one attached hydrogen (secondary N) is 1. The fourth-order valence-electron chi connectivity index (χ4n) is 2.97. The molecule has 2 aromatic heterocycles. The van der Waals surface area contributed by atoms with Gasteiger partial charge in [0, 0.05) is 5.69 Å². The van der Waals surface area contributed by atoms with Gasteiger partial charge in [-0.15, -0.1) is 0 Å². The summed E-state index contributed by atoms with van der Waals surface area (Å²) in [5.74, 6) is 1.27. The Bertz CT molecular complexity index is 1180. The topological polar surface area (TPSA) is 81.9 Å². The Kier molecular flexibility index (Phi) is 5.26. The van der Waals surface area contributed by atoms with Crippen molar-refractivity contribution < 1.29 is 9.53 Å². The van der Waals surface area contributed by atoms with E-state index in [4.69, 9.17) is 4.74 Å². The molecule has 0 radical (unpaired) electrons. The van der Waals surface area contributed by atoms with Crippen molar-refractivity contribution >= 4 is 11.6 Å². The van der Waals surface area contributed by atoms with Crippen LogP contribution in [0.2, 0.25) is 0 Å². The van der Waals surface area contributed by atoms with Crippen LogP contribution >= 0.6 is 0 Å². The summed E-state index contributed by atoms with van der Waals surface area (Å²) in [4.78, 5) is 21.5. The quantitative estimate of drug-likeness (QED) is 0.529. The van der Waals surface area contributed by atoms with Crippen molar-refractivity contribution in [3.8, 4) is 17.4 Å². The lowest BCUT2D eigenvalue weighted by atomic mass is 10.2. The van der Waals surface area contributed by atoms with E-state index in [2.05, 4.69) is 20.4 Å². The minimum atomic E-state index is -0.306. The lowest BCUT2D eigenvalue weighted by Crippen LogP contribution is -2.14. The molecule has 0 fully saturated rings. The summed E-state index contributed by atoms with van der Waals surface area (Å²) in [5, 5.41) is 7.28. The Morgan fingerprint density at radius 2 is 1.60 bits per heavy atom. The lowest BCUT2D eigenvalue weighted by molar-refractivity contribution is 0.102. The second kappa shape index (κ2) is 8.16. The van der Waals surface area contributed by atoms with Gasteiger partial charge >= 0.3 is 0 Å². The molecule has 30 heavy (non-hydrogen) atoms. The number of hydrogen-bond acceptors (Lipinski definition) is 5. The smallest absolute Gasteiger partial charge is 0.259 e. The molecule has 7 nitrogen and oxygen atoms in total. The molecule has 0 aliphatic heterocycles. The first kappa shape index (κ1) is 19.3. The first-order chi connectivity index (χ1) is 14.5. The van der Waals surface area contributed by atoms with E-state index in [1.165, 1.54) is 0 Å². The number of carbonyl (C=O) groups excluding carboxylic acids is 1. The molecule has 4 rings (SSSR count). The number of para-hydroxylation sites is 2. The fraction of sp³-hybridized carbons (Fsp3) is 0.130. The Morgan fingerprint density at radius 3 is 2.27 bits per heavy atom. The molecule has 0 aliphatic carbocycles. The third-order valence-electron chi connectivity index (χ3n) is 4.84. The zero-order valence-electron chi connectivity index (χ0n) is 17.0. The van der Waals surface area contributed by atoms with Crippen LogP contribution in [-0.2, 0) is 0 Å². The number of aromatic nitrogens is 4. The van der Waals surface area contributed by atoms with Crippen molar-refractivity contribution in [1.82, 2.24) is 19.7 Å². The molecule has 0 spiro atoms. The Balaban J connectivity index is 1.53. The maximum atomic E-state index is 12.8. The van der Waals surface area contributed by atoms with Crippen LogP contribution in [0.4, 0.5) is 5.69 Å². The van der Waals surface area contributed by atoms with Gasteiger partial charge in [0.2, 0.25) is 0 Å². The van der Waals surface area contributed by atoms with Crippen LogP contribution in [0.5, 0.6) is 11.5 Å². The van der Waals surface area contributed by atoms with Crippen LogP contribution in [0.25, 0.3) is 5.95 Å². The number of hydrogen-bond donors (Lipinski definition) is 1. The molecule has 0 saturated heterocycles. The van der Waals surface area contributed by atoms with E-state index in [0.717, 1.165) is 17.0 Å². The summed E-state index contributed by atoms with van der Waals surface area (Å²) in [7, 11) is 0. The van der Waals surface area contributed by atoms with Crippen LogP contribution in [0.1, 0.15) is 27.3 Å². The maximum Gasteiger partial charge on any atom is 0.259 e. The van der Waals surface area contributed by atoms with Gasteiger partial charge in [0.1, 0.15) is 11.5 Å². The van der Waals surface area contributed by atoms with Gasteiger partial charge in [-0.3, -0.25) is 4.79 Å². The van der Waals surface area contributed by atoms with Gasteiger partial charge in [0.15, 0.2) is 0 Å². The molecule has 0 aliphatic rings. The zero-order valence-corrected chi connectivity index (χ0v) is 17.0. The molecule has 0 unspecified atom stereocenters. The number of rotatable bonds is 5. The summed E-state index contributed by atoms with van der Waals surface area (Å²) < 4.78 is 7.56. The Hall–Kier alpha value is -4.00. The molecule has 0 bridgehead atoms. The molecule has 2 aromatic carbocycles. The van der Waals surface area contributed by atoms with E-state index in [9.17, 15) is 4.79 Å². The van der Waals surface area contributed by atoms with E-state index in [1.807, 2.05) is 57.2 Å². The lowest BCUT2D eigenvalue weighted by Gasteiger charge is -2.11. The van der Waals surface area contributed by atoms with Crippen molar-refractivity contribution in [2.75, 3.05) is 5.32 Å². The summed E-state index contributed by atoms with van der Waals surface area (Å²) >= 11 is 0. The van der Waals surface area contributed by atoms with Crippen LogP contribution in [0.3, 0.4) is 0 Å². The Morgan fingerprint density at radius 1 is 0.933 bits per heavy atom. The van der Waals surface area contributed by atoms with Crippen molar-refractivity contribution in [1.29, 1.82) is 0 Å². The third-order valence-corrected chi connectivity index (χ3v) is 4.84. The van der Waals surface area contributed by atoms with Gasteiger partial charge in [0.05, 0.1) is 29.3 Å². The molecule has 2 heterocycles. The monoisotopic (exact) mass is 399 g/mol. The molecule has 1 amide bonds. The van der Waals surface area contributed by atoms with Crippen LogP contribution in [0.15, 0.2) is 67.0 Å². The minimum Gasteiger partial charge on any atom is -0.457 e. The second-order valence-corrected chi connectivity index (χ2v) is 6.84. The van der Waals surface area contributed by atoms with E-state index in [1.54, 1.807) is 35.3 Å². The van der Waals surface area contributed by atoms with Crippen molar-refractivity contribution in [2.45, 2.75) is 20.8 Å². The largest absolute Gasteiger partial charge is 0.457 e. The van der Waals surface area contributed by atoms with Crippen molar-refractivity contribution in [3.05, 3.63) is 89.5 Å². The van der Waals surface area contributed by atoms with Crippen LogP contribution in [0, 0.1) is 20.8 Å². The second-order valence-electron chi connectivity index (χ2n) is 6.84. The van der Waals surface area contributed by atoms with E-state index < -0.39 is 0 Å². The predicted molar refractivity (Wildman–Crippen MR) is 114 cm³/mol. The zero-order chi connectivity index (χ0) is 21.1. The Labute approximate surface area is 174 Å². The molecular formula is C23H21N5O2. The molecule has 4 aromatic rings. The fourth-order valence-corrected chi connectivity index (χ4v) is 2.97. The number of benzene rings is 2. The highest BCUT2D eigenvalue weighted by Gasteiger charge is 2.15. The number of anilines is 1. The maximum absolute atomic E-state index is 12.8. The van der Waals surface area contributed by atoms with Gasteiger partial charge in [0.25, 0.3) is 11.9 Å². The van der Waals surface area contributed by atoms with Crippen molar-refractivity contribution in [2.24, 2.45) is 0 Å². The summed E-state index contributed by atoms with van der Waals surface area (Å²) in [6.45, 7) is 5.93. The highest BCUT2D eigenvalue weighted by molar-refractivity contribution is 6.06. The number of nitrogens with zero attached hydrogens (tertiary/aromatic N) is 4. The summed E-state index contributed by atoms with van der Waals surface area (Å²) in [5.41, 5.74) is 3.92. The normalized spacial score (nSPS) is 10.6. The average molecular weight is 399 g/mol. The van der Waals surface area contributed by atoms with Crippen LogP contribution in [-0.4, -0.2) is 25.7 Å². The standard InChI is InChI=1S/C23H21N5O2/c1-15-16(2)27-28(17(15)3)23-24-13-18(14-25-23)26-22(29)20-11-7-8-12-21(20)30-19-9-5-4-6-10-19/h4-14H,1-3H3,(H,26,29). The number of carbonyl (C=O) groups is 1. The van der Waals surface area contributed by atoms with Gasteiger partial charge in [-0.2, -0.15) is 5.10 Å². The molecule has 0 atom stereocenters. The average Bonchev–Trinajstić information content (AvgIpc) is 3.03. The number of aryl methyl sites for hydroxylation is 1.